The van der Waals surface area contributed by atoms with Crippen LogP contribution in [-0.4, -0.2) is 60.6 Å². The lowest BCUT2D eigenvalue weighted by molar-refractivity contribution is -0.139. The Bertz CT molecular complexity index is 1360. The molecule has 1 aliphatic rings. The van der Waals surface area contributed by atoms with Gasteiger partial charge in [0.1, 0.15) is 24.1 Å². The van der Waals surface area contributed by atoms with Crippen molar-refractivity contribution < 1.29 is 33.8 Å². The molecule has 10 nitrogen and oxygen atoms in total. The zero-order valence-electron chi connectivity index (χ0n) is 22.5. The van der Waals surface area contributed by atoms with Gasteiger partial charge >= 0.3 is 5.97 Å². The van der Waals surface area contributed by atoms with Crippen molar-refractivity contribution in [2.24, 2.45) is 0 Å². The zero-order valence-corrected chi connectivity index (χ0v) is 22.5. The minimum atomic E-state index is -1.28. The number of carboxylic acids is 1. The largest absolute Gasteiger partial charge is 0.493 e. The molecule has 0 unspecified atom stereocenters. The molecule has 1 heterocycles. The lowest BCUT2D eigenvalue weighted by atomic mass is 10.1. The summed E-state index contributed by atoms with van der Waals surface area (Å²) in [5.41, 5.74) is 1.51. The van der Waals surface area contributed by atoms with Crippen LogP contribution in [0.5, 0.6) is 11.5 Å². The number of para-hydroxylation sites is 2. The maximum atomic E-state index is 13.0. The summed E-state index contributed by atoms with van der Waals surface area (Å²) in [6, 6.07) is 21.2. The van der Waals surface area contributed by atoms with E-state index in [1.165, 1.54) is 6.07 Å². The van der Waals surface area contributed by atoms with Gasteiger partial charge in [0.05, 0.1) is 23.8 Å². The Morgan fingerprint density at radius 1 is 0.805 bits per heavy atom. The molecule has 4 N–H and O–H groups in total. The van der Waals surface area contributed by atoms with E-state index >= 15 is 0 Å². The van der Waals surface area contributed by atoms with Crippen molar-refractivity contribution in [2.45, 2.75) is 37.8 Å². The molecule has 10 heteroatoms. The number of hydrogen-bond donors (Lipinski definition) is 4. The number of carbonyl (C=O) groups excluding carboxylic acids is 3. The highest BCUT2D eigenvalue weighted by molar-refractivity contribution is 5.99. The lowest BCUT2D eigenvalue weighted by Crippen LogP contribution is -2.44. The lowest BCUT2D eigenvalue weighted by Gasteiger charge is -2.21. The van der Waals surface area contributed by atoms with Crippen LogP contribution >= 0.6 is 0 Å². The van der Waals surface area contributed by atoms with Crippen molar-refractivity contribution in [3.8, 4) is 11.5 Å². The van der Waals surface area contributed by atoms with E-state index in [2.05, 4.69) is 16.0 Å². The molecule has 1 aliphatic heterocycles. The number of rotatable bonds is 3. The van der Waals surface area contributed by atoms with E-state index in [0.29, 0.717) is 30.7 Å². The van der Waals surface area contributed by atoms with E-state index in [1.54, 1.807) is 42.5 Å². The van der Waals surface area contributed by atoms with Gasteiger partial charge in [-0.2, -0.15) is 0 Å². The van der Waals surface area contributed by atoms with Gasteiger partial charge in [-0.3, -0.25) is 14.4 Å². The van der Waals surface area contributed by atoms with E-state index in [-0.39, 0.29) is 49.2 Å². The molecule has 4 rings (SSSR count). The van der Waals surface area contributed by atoms with Gasteiger partial charge in [-0.1, -0.05) is 54.6 Å². The Morgan fingerprint density at radius 2 is 1.44 bits per heavy atom. The Morgan fingerprint density at radius 3 is 2.15 bits per heavy atom. The fourth-order valence-electron chi connectivity index (χ4n) is 4.42. The van der Waals surface area contributed by atoms with E-state index < -0.39 is 24.0 Å². The SMILES string of the molecule is O=C1CC[C@@H](C(=O)O)NC(=O)c2ccccc2OCCCNC(=O)c2ccccc2OC[C@@H](Cc2ccccc2)N1. The Hall–Kier alpha value is -4.86. The summed E-state index contributed by atoms with van der Waals surface area (Å²) in [6.07, 6.45) is 0.669. The van der Waals surface area contributed by atoms with Gasteiger partial charge in [0.25, 0.3) is 11.8 Å². The smallest absolute Gasteiger partial charge is 0.326 e. The van der Waals surface area contributed by atoms with Crippen LogP contribution in [0.4, 0.5) is 0 Å². The minimum Gasteiger partial charge on any atom is -0.493 e. The van der Waals surface area contributed by atoms with Crippen molar-refractivity contribution in [3.05, 3.63) is 95.6 Å². The molecule has 3 amide bonds. The average Bonchev–Trinajstić information content (AvgIpc) is 2.98. The molecular weight excluding hydrogens is 526 g/mol. The van der Waals surface area contributed by atoms with E-state index in [1.807, 2.05) is 30.3 Å². The molecule has 0 saturated heterocycles. The summed E-state index contributed by atoms with van der Waals surface area (Å²) in [4.78, 5) is 50.8. The van der Waals surface area contributed by atoms with Gasteiger partial charge in [0.2, 0.25) is 5.91 Å². The van der Waals surface area contributed by atoms with Gasteiger partial charge < -0.3 is 30.5 Å². The van der Waals surface area contributed by atoms with Crippen LogP contribution in [0, 0.1) is 0 Å². The molecule has 0 radical (unpaired) electrons. The number of nitrogens with one attached hydrogen (secondary N) is 3. The maximum absolute atomic E-state index is 13.0. The topological polar surface area (TPSA) is 143 Å². The number of carboxylic acid groups (broad SMARTS) is 1. The second-order valence-corrected chi connectivity index (χ2v) is 9.62. The molecular formula is C31H33N3O7. The predicted molar refractivity (Wildman–Crippen MR) is 151 cm³/mol. The first-order valence-corrected chi connectivity index (χ1v) is 13.5. The first-order valence-electron chi connectivity index (χ1n) is 13.5. The predicted octanol–water partition coefficient (Wildman–Crippen LogP) is 2.97. The molecule has 0 fully saturated rings. The average molecular weight is 560 g/mol. The molecule has 0 aromatic heterocycles. The second-order valence-electron chi connectivity index (χ2n) is 9.62. The fraction of sp³-hybridized carbons (Fsp3) is 0.290. The third kappa shape index (κ3) is 8.56. The third-order valence-electron chi connectivity index (χ3n) is 6.52. The zero-order chi connectivity index (χ0) is 29.0. The van der Waals surface area contributed by atoms with Gasteiger partial charge in [0.15, 0.2) is 0 Å². The van der Waals surface area contributed by atoms with Crippen molar-refractivity contribution in [1.82, 2.24) is 16.0 Å². The number of ether oxygens (including phenoxy) is 2. The number of hydrogen-bond acceptors (Lipinski definition) is 6. The molecule has 41 heavy (non-hydrogen) atoms. The molecule has 214 valence electrons. The van der Waals surface area contributed by atoms with Gasteiger partial charge in [-0.25, -0.2) is 4.79 Å². The molecule has 0 saturated carbocycles. The number of aliphatic carboxylic acids is 1. The fourth-order valence-corrected chi connectivity index (χ4v) is 4.42. The quantitative estimate of drug-likeness (QED) is 0.386. The molecule has 0 bridgehead atoms. The summed E-state index contributed by atoms with van der Waals surface area (Å²) in [5.74, 6) is -1.90. The molecule has 0 spiro atoms. The van der Waals surface area contributed by atoms with Gasteiger partial charge in [-0.15, -0.1) is 0 Å². The van der Waals surface area contributed by atoms with Crippen molar-refractivity contribution in [1.29, 1.82) is 0 Å². The van der Waals surface area contributed by atoms with E-state index in [4.69, 9.17) is 9.47 Å². The van der Waals surface area contributed by atoms with Crippen LogP contribution in [0.3, 0.4) is 0 Å². The summed E-state index contributed by atoms with van der Waals surface area (Å²) in [5, 5.41) is 18.0. The van der Waals surface area contributed by atoms with Crippen LogP contribution in [0.1, 0.15) is 45.5 Å². The highest BCUT2D eigenvalue weighted by atomic mass is 16.5. The van der Waals surface area contributed by atoms with Crippen molar-refractivity contribution in [3.63, 3.8) is 0 Å². The summed E-state index contributed by atoms with van der Waals surface area (Å²) in [7, 11) is 0. The molecule has 0 aliphatic carbocycles. The highest BCUT2D eigenvalue weighted by Gasteiger charge is 2.24. The third-order valence-corrected chi connectivity index (χ3v) is 6.52. The standard InChI is InChI=1S/C31H33N3O7/c35-28-16-15-25(31(38)39)34-30(37)24-12-5-6-13-26(24)40-18-8-17-32-29(36)23-11-4-7-14-27(23)41-20-22(33-28)19-21-9-2-1-3-10-21/h1-7,9-14,22,25H,8,15-20H2,(H,32,36)(H,33,35)(H,34,37)(H,38,39)/t22-,25+/m1/s1. The summed E-state index contributed by atoms with van der Waals surface area (Å²) in [6.45, 7) is 0.608. The maximum Gasteiger partial charge on any atom is 0.326 e. The normalized spacial score (nSPS) is 19.1. The van der Waals surface area contributed by atoms with Gasteiger partial charge in [-0.05, 0) is 49.1 Å². The molecule has 2 atom stereocenters. The number of fused-ring (bicyclic) bond motifs is 2. The van der Waals surface area contributed by atoms with Crippen LogP contribution in [0.2, 0.25) is 0 Å². The van der Waals surface area contributed by atoms with Crippen molar-refractivity contribution in [2.75, 3.05) is 19.8 Å². The van der Waals surface area contributed by atoms with Crippen LogP contribution in [0.15, 0.2) is 78.9 Å². The number of carbonyl (C=O) groups is 4. The number of benzene rings is 3. The van der Waals surface area contributed by atoms with Crippen LogP contribution < -0.4 is 25.4 Å². The van der Waals surface area contributed by atoms with Gasteiger partial charge in [0, 0.05) is 13.0 Å². The Balaban J connectivity index is 1.57. The Kier molecular flexibility index (Phi) is 10.3. The summed E-state index contributed by atoms with van der Waals surface area (Å²) < 4.78 is 11.8. The highest BCUT2D eigenvalue weighted by Crippen LogP contribution is 2.20. The first-order chi connectivity index (χ1) is 19.9. The van der Waals surface area contributed by atoms with E-state index in [0.717, 1.165) is 5.56 Å². The van der Waals surface area contributed by atoms with Crippen molar-refractivity contribution >= 4 is 23.7 Å². The number of amides is 3. The Labute approximate surface area is 238 Å². The first kappa shape index (κ1) is 29.1. The monoisotopic (exact) mass is 559 g/mol. The van der Waals surface area contributed by atoms with E-state index in [9.17, 15) is 24.3 Å². The summed E-state index contributed by atoms with van der Waals surface area (Å²) >= 11 is 0. The molecule has 3 aromatic rings. The molecule has 3 aromatic carbocycles. The second kappa shape index (κ2) is 14.5. The minimum absolute atomic E-state index is 0.0780. The van der Waals surface area contributed by atoms with Crippen LogP contribution in [-0.2, 0) is 16.0 Å². The van der Waals surface area contributed by atoms with Crippen LogP contribution in [0.25, 0.3) is 0 Å².